The summed E-state index contributed by atoms with van der Waals surface area (Å²) < 4.78 is 0. The number of benzene rings is 1. The number of aromatic amines is 1. The molecule has 0 radical (unpaired) electrons. The Kier molecular flexibility index (Phi) is 7.00. The van der Waals surface area contributed by atoms with Gasteiger partial charge < -0.3 is 36.8 Å². The smallest absolute Gasteiger partial charge is 0.326 e. The molecular formula is C20H25N7O6. The highest BCUT2D eigenvalue weighted by atomic mass is 16.4. The molecule has 0 bridgehead atoms. The van der Waals surface area contributed by atoms with E-state index >= 15 is 0 Å². The molecule has 0 aliphatic carbocycles. The van der Waals surface area contributed by atoms with Crippen molar-refractivity contribution in [1.82, 2.24) is 14.9 Å². The minimum absolute atomic E-state index is 0.0291. The number of nitrogens with two attached hydrogens (primary N) is 1. The molecule has 8 N–H and O–H groups in total. The third-order valence-electron chi connectivity index (χ3n) is 5.19. The Morgan fingerprint density at radius 1 is 1.27 bits per heavy atom. The summed E-state index contributed by atoms with van der Waals surface area (Å²) in [5.74, 6) is -2.50. The normalized spacial score (nSPS) is 15.4. The Labute approximate surface area is 188 Å². The number of aromatic nitrogens is 2. The van der Waals surface area contributed by atoms with Crippen molar-refractivity contribution in [2.45, 2.75) is 24.9 Å². The summed E-state index contributed by atoms with van der Waals surface area (Å²) in [7, 11) is 1.33. The van der Waals surface area contributed by atoms with Gasteiger partial charge in [0, 0.05) is 37.8 Å². The molecule has 1 aromatic heterocycles. The lowest BCUT2D eigenvalue weighted by Crippen LogP contribution is -2.42. The van der Waals surface area contributed by atoms with Crippen molar-refractivity contribution in [3.05, 3.63) is 40.2 Å². The average Bonchev–Trinajstić information content (AvgIpc) is 2.77. The maximum atomic E-state index is 12.7. The fraction of sp³-hybridized carbons (Fsp3) is 0.350. The molecule has 13 nitrogen and oxygen atoms in total. The number of carbonyl (C=O) groups excluding carboxylic acids is 1. The molecule has 2 atom stereocenters. The number of hydrogen-bond acceptors (Lipinski definition) is 9. The van der Waals surface area contributed by atoms with Gasteiger partial charge in [0.1, 0.15) is 11.7 Å². The van der Waals surface area contributed by atoms with Gasteiger partial charge in [0.15, 0.2) is 5.82 Å². The molecule has 0 spiro atoms. The first-order valence-corrected chi connectivity index (χ1v) is 10.1. The Balaban J connectivity index is 1.58. The molecule has 3 rings (SSSR count). The van der Waals surface area contributed by atoms with Gasteiger partial charge >= 0.3 is 11.9 Å². The number of rotatable bonds is 9. The van der Waals surface area contributed by atoms with E-state index < -0.39 is 23.9 Å². The van der Waals surface area contributed by atoms with Gasteiger partial charge in [-0.25, -0.2) is 4.79 Å². The lowest BCUT2D eigenvalue weighted by Gasteiger charge is -2.27. The molecule has 176 valence electrons. The van der Waals surface area contributed by atoms with Gasteiger partial charge in [-0.05, 0) is 30.7 Å². The second kappa shape index (κ2) is 9.89. The Morgan fingerprint density at radius 2 is 1.97 bits per heavy atom. The number of carboxylic acids is 2. The van der Waals surface area contributed by atoms with E-state index in [0.717, 1.165) is 4.90 Å². The van der Waals surface area contributed by atoms with E-state index in [1.807, 2.05) is 0 Å². The van der Waals surface area contributed by atoms with Crippen LogP contribution in [0.15, 0.2) is 29.1 Å². The molecular weight excluding hydrogens is 434 g/mol. The number of nitrogen functional groups attached to an aromatic ring is 1. The molecule has 0 saturated heterocycles. The number of carboxylic acid groups (broad SMARTS) is 2. The molecule has 0 fully saturated rings. The number of amides is 1. The van der Waals surface area contributed by atoms with Crippen molar-refractivity contribution >= 4 is 41.0 Å². The third kappa shape index (κ3) is 5.70. The van der Waals surface area contributed by atoms with E-state index in [-0.39, 0.29) is 36.0 Å². The highest BCUT2D eigenvalue weighted by molar-refractivity contribution is 5.96. The number of carbonyl (C=O) groups is 3. The largest absolute Gasteiger partial charge is 0.481 e. The second-order valence-corrected chi connectivity index (χ2v) is 7.56. The van der Waals surface area contributed by atoms with Gasteiger partial charge in [0.2, 0.25) is 5.95 Å². The quantitative estimate of drug-likeness (QED) is 0.267. The zero-order chi connectivity index (χ0) is 24.1. The highest BCUT2D eigenvalue weighted by Crippen LogP contribution is 2.20. The van der Waals surface area contributed by atoms with Crippen molar-refractivity contribution in [3.8, 4) is 0 Å². The van der Waals surface area contributed by atoms with Crippen molar-refractivity contribution in [1.29, 1.82) is 0 Å². The maximum Gasteiger partial charge on any atom is 0.326 e. The topological polar surface area (TPSA) is 203 Å². The van der Waals surface area contributed by atoms with Crippen LogP contribution in [0.3, 0.4) is 0 Å². The van der Waals surface area contributed by atoms with Crippen molar-refractivity contribution in [3.63, 3.8) is 0 Å². The van der Waals surface area contributed by atoms with E-state index in [2.05, 4.69) is 25.9 Å². The summed E-state index contributed by atoms with van der Waals surface area (Å²) >= 11 is 0. The predicted octanol–water partition coefficient (Wildman–Crippen LogP) is 0.0602. The minimum atomic E-state index is -1.27. The zero-order valence-electron chi connectivity index (χ0n) is 17.8. The number of nitrogens with zero attached hydrogens (tertiary/aromatic N) is 2. The molecule has 1 aliphatic rings. The molecule has 0 saturated carbocycles. The first kappa shape index (κ1) is 23.4. The fourth-order valence-electron chi connectivity index (χ4n) is 3.41. The van der Waals surface area contributed by atoms with Crippen LogP contribution in [-0.4, -0.2) is 75.1 Å². The molecule has 1 amide bonds. The highest BCUT2D eigenvalue weighted by Gasteiger charge is 2.28. The maximum absolute atomic E-state index is 12.7. The second-order valence-electron chi connectivity index (χ2n) is 7.56. The number of H-pyrrole nitrogens is 1. The summed E-state index contributed by atoms with van der Waals surface area (Å²) in [5.41, 5.74) is 6.46. The van der Waals surface area contributed by atoms with Crippen LogP contribution in [0.1, 0.15) is 23.2 Å². The van der Waals surface area contributed by atoms with Crippen molar-refractivity contribution in [2.24, 2.45) is 0 Å². The molecule has 2 aromatic rings. The molecule has 33 heavy (non-hydrogen) atoms. The fourth-order valence-corrected chi connectivity index (χ4v) is 3.41. The first-order valence-electron chi connectivity index (χ1n) is 10.1. The molecule has 1 aliphatic heterocycles. The van der Waals surface area contributed by atoms with E-state index in [4.69, 9.17) is 10.8 Å². The van der Waals surface area contributed by atoms with Crippen LogP contribution in [0.4, 0.5) is 23.1 Å². The molecule has 2 heterocycles. The van der Waals surface area contributed by atoms with Gasteiger partial charge in [-0.3, -0.25) is 19.4 Å². The number of aliphatic carboxylic acids is 2. The van der Waals surface area contributed by atoms with Crippen LogP contribution < -0.4 is 27.2 Å². The summed E-state index contributed by atoms with van der Waals surface area (Å²) in [6, 6.07) is 5.09. The number of hydrogen-bond donors (Lipinski definition) is 7. The Bertz CT molecular complexity index is 1100. The lowest BCUT2D eigenvalue weighted by atomic mass is 10.1. The van der Waals surface area contributed by atoms with Crippen LogP contribution in [0.2, 0.25) is 0 Å². The number of likely N-dealkylation sites (N-methyl/N-ethyl adjacent to an activating group) is 1. The van der Waals surface area contributed by atoms with Gasteiger partial charge in [0.25, 0.3) is 11.5 Å². The van der Waals surface area contributed by atoms with E-state index in [1.54, 1.807) is 24.3 Å². The van der Waals surface area contributed by atoms with Gasteiger partial charge in [-0.2, -0.15) is 4.98 Å². The predicted molar refractivity (Wildman–Crippen MR) is 120 cm³/mol. The van der Waals surface area contributed by atoms with Crippen molar-refractivity contribution < 1.29 is 24.6 Å². The summed E-state index contributed by atoms with van der Waals surface area (Å²) in [6.45, 7) is 0.962. The van der Waals surface area contributed by atoms with Crippen LogP contribution in [-0.2, 0) is 9.59 Å². The summed E-state index contributed by atoms with van der Waals surface area (Å²) in [4.78, 5) is 54.4. The van der Waals surface area contributed by atoms with E-state index in [9.17, 15) is 24.3 Å². The SMILES string of the molecule is CN(C(=O)c1ccc(NCC2CNc3nc(N)[nH]c(=O)c3N2)cc1)C(CCC(=O)O)C(=O)O. The number of nitrogens with one attached hydrogen (secondary N) is 4. The minimum Gasteiger partial charge on any atom is -0.481 e. The third-order valence-corrected chi connectivity index (χ3v) is 5.19. The zero-order valence-corrected chi connectivity index (χ0v) is 17.8. The van der Waals surface area contributed by atoms with E-state index in [0.29, 0.717) is 30.3 Å². The Morgan fingerprint density at radius 3 is 2.61 bits per heavy atom. The van der Waals surface area contributed by atoms with Crippen LogP contribution in [0, 0.1) is 0 Å². The summed E-state index contributed by atoms with van der Waals surface area (Å²) in [5, 5.41) is 27.5. The molecule has 1 aromatic carbocycles. The van der Waals surface area contributed by atoms with Gasteiger partial charge in [-0.15, -0.1) is 0 Å². The van der Waals surface area contributed by atoms with E-state index in [1.165, 1.54) is 7.05 Å². The molecule has 2 unspecified atom stereocenters. The Hall–Kier alpha value is -4.29. The molecule has 13 heteroatoms. The van der Waals surface area contributed by atoms with Gasteiger partial charge in [-0.1, -0.05) is 0 Å². The van der Waals surface area contributed by atoms with Crippen molar-refractivity contribution in [2.75, 3.05) is 41.8 Å². The van der Waals surface area contributed by atoms with Crippen LogP contribution in [0.25, 0.3) is 0 Å². The number of anilines is 4. The first-order chi connectivity index (χ1) is 15.7. The van der Waals surface area contributed by atoms with Crippen LogP contribution >= 0.6 is 0 Å². The lowest BCUT2D eigenvalue weighted by molar-refractivity contribution is -0.143. The average molecular weight is 459 g/mol. The monoisotopic (exact) mass is 459 g/mol. The van der Waals surface area contributed by atoms with Crippen LogP contribution in [0.5, 0.6) is 0 Å². The standard InChI is InChI=1S/C20H25N7O6/c1-27(13(19(32)33)6-7-14(28)29)18(31)10-2-4-11(5-3-10)22-8-12-9-23-16-15(24-12)17(30)26-20(21)25-16/h2-5,12-13,22,24H,6-9H2,1H3,(H,28,29)(H,32,33)(H4,21,23,25,26,30). The summed E-state index contributed by atoms with van der Waals surface area (Å²) in [6.07, 6.45) is -0.551. The van der Waals surface area contributed by atoms with Gasteiger partial charge in [0.05, 0.1) is 6.04 Å². The number of fused-ring (bicyclic) bond motifs is 1.